The Balaban J connectivity index is 2.22. The van der Waals surface area contributed by atoms with Gasteiger partial charge >= 0.3 is 11.9 Å². The zero-order valence-electron chi connectivity index (χ0n) is 13.1. The lowest BCUT2D eigenvalue weighted by Crippen LogP contribution is -2.39. The third-order valence-electron chi connectivity index (χ3n) is 3.96. The molecule has 24 heavy (non-hydrogen) atoms. The Morgan fingerprint density at radius 2 is 1.83 bits per heavy atom. The van der Waals surface area contributed by atoms with Crippen LogP contribution < -0.4 is 4.90 Å². The molecule has 0 aromatic heterocycles. The molecule has 1 amide bonds. The van der Waals surface area contributed by atoms with Gasteiger partial charge in [-0.15, -0.1) is 0 Å². The molecule has 1 aliphatic heterocycles. The fourth-order valence-corrected chi connectivity index (χ4v) is 3.51. The van der Waals surface area contributed by atoms with Gasteiger partial charge in [-0.25, -0.2) is 4.79 Å². The molecule has 0 fully saturated rings. The molecule has 0 spiro atoms. The molecule has 6 heteroatoms. The van der Waals surface area contributed by atoms with E-state index < -0.39 is 23.7 Å². The molecule has 0 saturated carbocycles. The quantitative estimate of drug-likeness (QED) is 0.599. The second-order valence-corrected chi connectivity index (χ2v) is 6.38. The van der Waals surface area contributed by atoms with E-state index in [1.54, 1.807) is 43.3 Å². The number of fused-ring (bicyclic) bond motifs is 1. The maximum absolute atomic E-state index is 12.6. The zero-order valence-corrected chi connectivity index (χ0v) is 14.7. The molecular weight excluding hydrogens is 374 g/mol. The number of esters is 1. The maximum Gasteiger partial charge on any atom is 0.333 e. The number of benzene rings is 2. The Bertz CT molecular complexity index is 848. The highest BCUT2D eigenvalue weighted by Crippen LogP contribution is 2.40. The summed E-state index contributed by atoms with van der Waals surface area (Å²) >= 11 is 3.33. The molecule has 1 unspecified atom stereocenters. The number of carbonyl (C=O) groups is 3. The van der Waals surface area contributed by atoms with Crippen LogP contribution in [0.2, 0.25) is 0 Å². The SMILES string of the molecule is COC(=O)C(c1ccccc1)N1C(=O)C(=O)c2cc(Br)cc(C)c21. The summed E-state index contributed by atoms with van der Waals surface area (Å²) in [5.41, 5.74) is 2.05. The maximum atomic E-state index is 12.6. The van der Waals surface area contributed by atoms with Gasteiger partial charge in [0.25, 0.3) is 5.78 Å². The Labute approximate surface area is 147 Å². The van der Waals surface area contributed by atoms with E-state index >= 15 is 0 Å². The molecular formula is C18H14BrNO4. The lowest BCUT2D eigenvalue weighted by Gasteiger charge is -2.27. The number of nitrogens with zero attached hydrogens (tertiary/aromatic N) is 1. The van der Waals surface area contributed by atoms with Crippen molar-refractivity contribution in [2.75, 3.05) is 12.0 Å². The largest absolute Gasteiger partial charge is 0.467 e. The fraction of sp³-hybridized carbons (Fsp3) is 0.167. The van der Waals surface area contributed by atoms with Gasteiger partial charge in [-0.05, 0) is 30.2 Å². The molecule has 0 N–H and O–H groups in total. The monoisotopic (exact) mass is 387 g/mol. The lowest BCUT2D eigenvalue weighted by atomic mass is 10.0. The van der Waals surface area contributed by atoms with E-state index in [1.807, 2.05) is 6.07 Å². The second kappa shape index (κ2) is 6.20. The first-order valence-electron chi connectivity index (χ1n) is 7.26. The van der Waals surface area contributed by atoms with Crippen molar-refractivity contribution in [3.05, 3.63) is 63.6 Å². The smallest absolute Gasteiger partial charge is 0.333 e. The Kier molecular flexibility index (Phi) is 4.24. The molecule has 0 saturated heterocycles. The molecule has 1 aliphatic rings. The van der Waals surface area contributed by atoms with E-state index in [9.17, 15) is 14.4 Å². The van der Waals surface area contributed by atoms with Gasteiger partial charge in [0, 0.05) is 4.47 Å². The number of methoxy groups -OCH3 is 1. The number of aryl methyl sites for hydroxylation is 1. The fourth-order valence-electron chi connectivity index (χ4n) is 2.94. The van der Waals surface area contributed by atoms with E-state index in [1.165, 1.54) is 12.0 Å². The number of Topliss-reactive ketones (excluding diaryl/α,β-unsaturated/α-hetero) is 1. The number of hydrogen-bond acceptors (Lipinski definition) is 4. The highest BCUT2D eigenvalue weighted by atomic mass is 79.9. The van der Waals surface area contributed by atoms with Crippen LogP contribution in [0.1, 0.15) is 27.5 Å². The molecule has 1 heterocycles. The first-order chi connectivity index (χ1) is 11.5. The molecule has 0 aliphatic carbocycles. The van der Waals surface area contributed by atoms with Crippen LogP contribution in [0.3, 0.4) is 0 Å². The van der Waals surface area contributed by atoms with Gasteiger partial charge in [0.15, 0.2) is 6.04 Å². The van der Waals surface area contributed by atoms with Crippen LogP contribution in [0.5, 0.6) is 0 Å². The van der Waals surface area contributed by atoms with Crippen molar-refractivity contribution < 1.29 is 19.1 Å². The first kappa shape index (κ1) is 16.4. The van der Waals surface area contributed by atoms with E-state index in [-0.39, 0.29) is 5.56 Å². The topological polar surface area (TPSA) is 63.7 Å². The summed E-state index contributed by atoms with van der Waals surface area (Å²) in [5, 5.41) is 0. The second-order valence-electron chi connectivity index (χ2n) is 5.46. The Morgan fingerprint density at radius 1 is 1.17 bits per heavy atom. The minimum absolute atomic E-state index is 0.289. The van der Waals surface area contributed by atoms with Crippen LogP contribution in [-0.2, 0) is 14.3 Å². The number of amides is 1. The van der Waals surface area contributed by atoms with Crippen molar-refractivity contribution in [1.29, 1.82) is 0 Å². The standard InChI is InChI=1S/C18H14BrNO4/c1-10-8-12(19)9-13-14(10)20(17(22)16(13)21)15(18(23)24-2)11-6-4-3-5-7-11/h3-9,15H,1-2H3. The van der Waals surface area contributed by atoms with Gasteiger partial charge in [-0.3, -0.25) is 14.5 Å². The number of rotatable bonds is 3. The molecule has 0 radical (unpaired) electrons. The predicted octanol–water partition coefficient (Wildman–Crippen LogP) is 3.20. The lowest BCUT2D eigenvalue weighted by molar-refractivity contribution is -0.143. The van der Waals surface area contributed by atoms with Crippen molar-refractivity contribution in [3.8, 4) is 0 Å². The van der Waals surface area contributed by atoms with Crippen molar-refractivity contribution in [1.82, 2.24) is 0 Å². The minimum atomic E-state index is -1.01. The highest BCUT2D eigenvalue weighted by molar-refractivity contribution is 9.10. The average Bonchev–Trinajstić information content (AvgIpc) is 2.81. The summed E-state index contributed by atoms with van der Waals surface area (Å²) < 4.78 is 5.59. The summed E-state index contributed by atoms with van der Waals surface area (Å²) in [5.74, 6) is -1.96. The third-order valence-corrected chi connectivity index (χ3v) is 4.42. The number of halogens is 1. The molecule has 122 valence electrons. The number of anilines is 1. The molecule has 5 nitrogen and oxygen atoms in total. The van der Waals surface area contributed by atoms with E-state index in [4.69, 9.17) is 4.74 Å². The summed E-state index contributed by atoms with van der Waals surface area (Å²) in [7, 11) is 1.26. The van der Waals surface area contributed by atoms with Crippen LogP contribution in [-0.4, -0.2) is 24.8 Å². The van der Waals surface area contributed by atoms with Crippen LogP contribution in [0, 0.1) is 6.92 Å². The van der Waals surface area contributed by atoms with E-state index in [0.29, 0.717) is 15.7 Å². The molecule has 3 rings (SSSR count). The summed E-state index contributed by atoms with van der Waals surface area (Å²) in [6.07, 6.45) is 0. The number of hydrogen-bond donors (Lipinski definition) is 0. The van der Waals surface area contributed by atoms with Crippen molar-refractivity contribution in [2.45, 2.75) is 13.0 Å². The normalized spacial score (nSPS) is 14.5. The van der Waals surface area contributed by atoms with Gasteiger partial charge in [0.2, 0.25) is 0 Å². The Hall–Kier alpha value is -2.47. The summed E-state index contributed by atoms with van der Waals surface area (Å²) in [4.78, 5) is 38.6. The third kappa shape index (κ3) is 2.53. The van der Waals surface area contributed by atoms with Crippen molar-refractivity contribution in [3.63, 3.8) is 0 Å². The van der Waals surface area contributed by atoms with Crippen LogP contribution >= 0.6 is 15.9 Å². The van der Waals surface area contributed by atoms with Crippen LogP contribution in [0.25, 0.3) is 0 Å². The van der Waals surface area contributed by atoms with Gasteiger partial charge in [0.1, 0.15) is 0 Å². The molecule has 1 atom stereocenters. The van der Waals surface area contributed by atoms with E-state index in [0.717, 1.165) is 5.56 Å². The van der Waals surface area contributed by atoms with Gasteiger partial charge in [-0.1, -0.05) is 46.3 Å². The van der Waals surface area contributed by atoms with Gasteiger partial charge < -0.3 is 4.74 Å². The summed E-state index contributed by atoms with van der Waals surface area (Å²) in [6.45, 7) is 1.79. The van der Waals surface area contributed by atoms with Crippen LogP contribution in [0.15, 0.2) is 46.9 Å². The Morgan fingerprint density at radius 3 is 2.46 bits per heavy atom. The summed E-state index contributed by atoms with van der Waals surface area (Å²) in [6, 6.07) is 11.2. The van der Waals surface area contributed by atoms with Gasteiger partial charge in [-0.2, -0.15) is 0 Å². The number of ether oxygens (including phenoxy) is 1. The molecule has 2 aromatic carbocycles. The first-order valence-corrected chi connectivity index (χ1v) is 8.05. The van der Waals surface area contributed by atoms with Crippen molar-refractivity contribution in [2.24, 2.45) is 0 Å². The highest BCUT2D eigenvalue weighted by Gasteiger charge is 2.44. The molecule has 0 bridgehead atoms. The average molecular weight is 388 g/mol. The van der Waals surface area contributed by atoms with Gasteiger partial charge in [0.05, 0.1) is 18.4 Å². The number of carbonyl (C=O) groups excluding carboxylic acids is 3. The van der Waals surface area contributed by atoms with Crippen molar-refractivity contribution >= 4 is 39.3 Å². The zero-order chi connectivity index (χ0) is 17.4. The predicted molar refractivity (Wildman–Crippen MR) is 91.9 cm³/mol. The molecule has 2 aromatic rings. The number of ketones is 1. The van der Waals surface area contributed by atoms with Crippen LogP contribution in [0.4, 0.5) is 5.69 Å². The van der Waals surface area contributed by atoms with E-state index in [2.05, 4.69) is 15.9 Å². The minimum Gasteiger partial charge on any atom is -0.467 e.